The molecule has 0 unspecified atom stereocenters. The average molecular weight is 286 g/mol. The van der Waals surface area contributed by atoms with Gasteiger partial charge in [0.25, 0.3) is 0 Å². The van der Waals surface area contributed by atoms with Crippen molar-refractivity contribution in [3.8, 4) is 0 Å². The number of nitrogens with two attached hydrogens (primary N) is 1. The monoisotopic (exact) mass is 285 g/mol. The van der Waals surface area contributed by atoms with Gasteiger partial charge in [0.1, 0.15) is 5.84 Å². The van der Waals surface area contributed by atoms with Crippen molar-refractivity contribution in [2.24, 2.45) is 5.73 Å². The summed E-state index contributed by atoms with van der Waals surface area (Å²) in [4.78, 5) is 2.05. The van der Waals surface area contributed by atoms with E-state index >= 15 is 0 Å². The van der Waals surface area contributed by atoms with Crippen LogP contribution in [0, 0.1) is 5.41 Å². The summed E-state index contributed by atoms with van der Waals surface area (Å²) < 4.78 is 5.04. The number of aliphatic hydroxyl groups excluding tert-OH is 1. The Kier molecular flexibility index (Phi) is 6.80. The molecule has 0 saturated heterocycles. The molecule has 0 aliphatic rings. The van der Waals surface area contributed by atoms with Gasteiger partial charge in [0.2, 0.25) is 0 Å². The van der Waals surface area contributed by atoms with Gasteiger partial charge in [-0.25, -0.2) is 0 Å². The first kappa shape index (κ1) is 15.9. The second kappa shape index (κ2) is 8.12. The van der Waals surface area contributed by atoms with Crippen LogP contribution in [-0.2, 0) is 11.3 Å². The number of nitrogens with one attached hydrogen (secondary N) is 1. The number of hydrogen-bond donors (Lipinski definition) is 3. The van der Waals surface area contributed by atoms with Crippen molar-refractivity contribution in [1.29, 1.82) is 5.41 Å². The molecule has 0 spiro atoms. The maximum Gasteiger partial charge on any atom is 0.122 e. The average Bonchev–Trinajstić information content (AvgIpc) is 2.38. The zero-order chi connectivity index (χ0) is 14.3. The van der Waals surface area contributed by atoms with Gasteiger partial charge in [-0.05, 0) is 11.6 Å². The van der Waals surface area contributed by atoms with E-state index < -0.39 is 0 Å². The summed E-state index contributed by atoms with van der Waals surface area (Å²) in [5.74, 6) is 0.0000438. The maximum atomic E-state index is 9.04. The molecule has 5 nitrogen and oxygen atoms in total. The number of ether oxygens (including phenoxy) is 1. The van der Waals surface area contributed by atoms with Crippen molar-refractivity contribution in [2.75, 3.05) is 33.4 Å². The van der Waals surface area contributed by atoms with Crippen LogP contribution in [0.15, 0.2) is 18.2 Å². The first-order valence-electron chi connectivity index (χ1n) is 6.03. The smallest absolute Gasteiger partial charge is 0.122 e. The third kappa shape index (κ3) is 5.16. The lowest BCUT2D eigenvalue weighted by Crippen LogP contribution is -2.30. The van der Waals surface area contributed by atoms with Crippen LogP contribution in [0.1, 0.15) is 11.1 Å². The number of nitrogens with zero attached hydrogens (tertiary/aromatic N) is 1. The number of rotatable bonds is 8. The molecule has 0 aromatic heterocycles. The predicted octanol–water partition coefficient (Wildman–Crippen LogP) is 1.06. The third-order valence-corrected chi connectivity index (χ3v) is 3.14. The molecule has 0 atom stereocenters. The minimum atomic E-state index is 0.0000438. The van der Waals surface area contributed by atoms with Gasteiger partial charge in [-0.15, -0.1) is 0 Å². The first-order chi connectivity index (χ1) is 9.08. The molecule has 4 N–H and O–H groups in total. The highest BCUT2D eigenvalue weighted by Crippen LogP contribution is 2.19. The second-order valence-corrected chi connectivity index (χ2v) is 4.62. The SMILES string of the molecule is COCCN(CCO)Cc1ccc(C(=N)N)cc1Cl. The number of amidine groups is 1. The van der Waals surface area contributed by atoms with Gasteiger partial charge >= 0.3 is 0 Å². The van der Waals surface area contributed by atoms with Crippen LogP contribution < -0.4 is 5.73 Å². The molecule has 0 amide bonds. The zero-order valence-electron chi connectivity index (χ0n) is 11.0. The van der Waals surface area contributed by atoms with Crippen molar-refractivity contribution in [1.82, 2.24) is 4.90 Å². The summed E-state index contributed by atoms with van der Waals surface area (Å²) in [5.41, 5.74) is 6.96. The molecule has 6 heteroatoms. The van der Waals surface area contributed by atoms with Crippen LogP contribution in [0.5, 0.6) is 0 Å². The number of methoxy groups -OCH3 is 1. The van der Waals surface area contributed by atoms with Crippen molar-refractivity contribution in [3.05, 3.63) is 34.3 Å². The number of aliphatic hydroxyl groups is 1. The Morgan fingerprint density at radius 3 is 2.74 bits per heavy atom. The Balaban J connectivity index is 2.75. The fourth-order valence-electron chi connectivity index (χ4n) is 1.72. The summed E-state index contributed by atoms with van der Waals surface area (Å²) in [7, 11) is 1.64. The van der Waals surface area contributed by atoms with Gasteiger partial charge in [-0.3, -0.25) is 10.3 Å². The zero-order valence-corrected chi connectivity index (χ0v) is 11.8. The number of hydrogen-bond acceptors (Lipinski definition) is 4. The molecule has 0 bridgehead atoms. The molecule has 0 fully saturated rings. The van der Waals surface area contributed by atoms with E-state index in [0.717, 1.165) is 12.1 Å². The van der Waals surface area contributed by atoms with E-state index in [4.69, 9.17) is 32.6 Å². The molecule has 0 heterocycles. The van der Waals surface area contributed by atoms with Crippen LogP contribution in [0.4, 0.5) is 0 Å². The van der Waals surface area contributed by atoms with Crippen molar-refractivity contribution >= 4 is 17.4 Å². The summed E-state index contributed by atoms with van der Waals surface area (Å²) in [6, 6.07) is 5.32. The fraction of sp³-hybridized carbons (Fsp3) is 0.462. The van der Waals surface area contributed by atoms with E-state index in [1.54, 1.807) is 19.2 Å². The largest absolute Gasteiger partial charge is 0.395 e. The molecule has 19 heavy (non-hydrogen) atoms. The predicted molar refractivity (Wildman–Crippen MR) is 76.7 cm³/mol. The lowest BCUT2D eigenvalue weighted by Gasteiger charge is -2.21. The van der Waals surface area contributed by atoms with Crippen molar-refractivity contribution < 1.29 is 9.84 Å². The molecular weight excluding hydrogens is 266 g/mol. The summed E-state index contributed by atoms with van der Waals surface area (Å²) >= 11 is 6.18. The summed E-state index contributed by atoms with van der Waals surface area (Å²) in [6.07, 6.45) is 0. The lowest BCUT2D eigenvalue weighted by molar-refractivity contribution is 0.127. The Labute approximate surface area is 118 Å². The van der Waals surface area contributed by atoms with Crippen LogP contribution in [-0.4, -0.2) is 49.3 Å². The van der Waals surface area contributed by atoms with Gasteiger partial charge in [-0.1, -0.05) is 23.7 Å². The lowest BCUT2D eigenvalue weighted by atomic mass is 10.1. The van der Waals surface area contributed by atoms with Crippen LogP contribution >= 0.6 is 11.6 Å². The highest BCUT2D eigenvalue weighted by molar-refractivity contribution is 6.31. The topological polar surface area (TPSA) is 82.6 Å². The highest BCUT2D eigenvalue weighted by Gasteiger charge is 2.09. The molecular formula is C13H20ClN3O2. The minimum absolute atomic E-state index is 0.0000438. The van der Waals surface area contributed by atoms with E-state index in [-0.39, 0.29) is 12.4 Å². The minimum Gasteiger partial charge on any atom is -0.395 e. The van der Waals surface area contributed by atoms with E-state index in [1.807, 2.05) is 6.07 Å². The van der Waals surface area contributed by atoms with E-state index in [0.29, 0.717) is 30.3 Å². The highest BCUT2D eigenvalue weighted by atomic mass is 35.5. The van der Waals surface area contributed by atoms with Crippen molar-refractivity contribution in [3.63, 3.8) is 0 Å². The van der Waals surface area contributed by atoms with Gasteiger partial charge in [0.05, 0.1) is 13.2 Å². The second-order valence-electron chi connectivity index (χ2n) is 4.21. The standard InChI is InChI=1S/C13H20ClN3O2/c1-19-7-5-17(4-6-18)9-11-3-2-10(13(15)16)8-12(11)14/h2-3,8,18H,4-7,9H2,1H3,(H3,15,16). The Hall–Kier alpha value is -1.14. The first-order valence-corrected chi connectivity index (χ1v) is 6.41. The van der Waals surface area contributed by atoms with E-state index in [1.165, 1.54) is 0 Å². The van der Waals surface area contributed by atoms with Crippen LogP contribution in [0.3, 0.4) is 0 Å². The fourth-order valence-corrected chi connectivity index (χ4v) is 1.96. The molecule has 1 aromatic carbocycles. The van der Waals surface area contributed by atoms with Gasteiger partial charge < -0.3 is 15.6 Å². The third-order valence-electron chi connectivity index (χ3n) is 2.79. The van der Waals surface area contributed by atoms with Crippen LogP contribution in [0.25, 0.3) is 0 Å². The van der Waals surface area contributed by atoms with Crippen LogP contribution in [0.2, 0.25) is 5.02 Å². The summed E-state index contributed by atoms with van der Waals surface area (Å²) in [5, 5.41) is 17.0. The quantitative estimate of drug-likeness (QED) is 0.493. The number of halogens is 1. The van der Waals surface area contributed by atoms with E-state index in [9.17, 15) is 0 Å². The van der Waals surface area contributed by atoms with E-state index in [2.05, 4.69) is 4.90 Å². The van der Waals surface area contributed by atoms with Crippen molar-refractivity contribution in [2.45, 2.75) is 6.54 Å². The molecule has 1 aromatic rings. The molecule has 1 rings (SSSR count). The Morgan fingerprint density at radius 2 is 2.21 bits per heavy atom. The normalized spacial score (nSPS) is 10.9. The number of nitrogen functional groups attached to an aromatic ring is 1. The van der Waals surface area contributed by atoms with Gasteiger partial charge in [0.15, 0.2) is 0 Å². The number of benzene rings is 1. The maximum absolute atomic E-state index is 9.04. The Bertz CT molecular complexity index is 426. The van der Waals surface area contributed by atoms with Gasteiger partial charge in [-0.2, -0.15) is 0 Å². The molecule has 0 radical (unpaired) electrons. The Morgan fingerprint density at radius 1 is 1.47 bits per heavy atom. The molecule has 0 saturated carbocycles. The molecule has 0 aliphatic carbocycles. The molecule has 0 aliphatic heterocycles. The molecule has 106 valence electrons. The summed E-state index contributed by atoms with van der Waals surface area (Å²) in [6.45, 7) is 2.60. The van der Waals surface area contributed by atoms with Gasteiger partial charge in [0, 0.05) is 37.3 Å².